The minimum atomic E-state index is 0.612. The minimum absolute atomic E-state index is 0.612. The summed E-state index contributed by atoms with van der Waals surface area (Å²) < 4.78 is 0. The molecule has 0 saturated carbocycles. The number of unbranched alkanes of at least 4 members (excludes halogenated alkanes) is 1. The van der Waals surface area contributed by atoms with Crippen molar-refractivity contribution >= 4 is 0 Å². The molecule has 0 spiro atoms. The Morgan fingerprint density at radius 3 is 2.50 bits per heavy atom. The first-order valence-electron chi connectivity index (χ1n) is 6.62. The van der Waals surface area contributed by atoms with Gasteiger partial charge in [0, 0.05) is 12.1 Å². The van der Waals surface area contributed by atoms with Crippen molar-refractivity contribution in [2.45, 2.75) is 58.5 Å². The second-order valence-corrected chi connectivity index (χ2v) is 5.01. The van der Waals surface area contributed by atoms with Gasteiger partial charge in [-0.15, -0.1) is 6.58 Å². The molecule has 16 heavy (non-hydrogen) atoms. The zero-order valence-electron chi connectivity index (χ0n) is 11.6. The summed E-state index contributed by atoms with van der Waals surface area (Å²) >= 11 is 0. The van der Waals surface area contributed by atoms with Crippen LogP contribution < -0.4 is 5.32 Å². The summed E-state index contributed by atoms with van der Waals surface area (Å²) in [4.78, 5) is 2.46. The first-order valence-corrected chi connectivity index (χ1v) is 6.62. The van der Waals surface area contributed by atoms with E-state index in [2.05, 4.69) is 44.6 Å². The van der Waals surface area contributed by atoms with Crippen LogP contribution in [0, 0.1) is 0 Å². The molecule has 0 heterocycles. The Bertz CT molecular complexity index is 166. The highest BCUT2D eigenvalue weighted by atomic mass is 15.1. The van der Waals surface area contributed by atoms with Gasteiger partial charge in [0.2, 0.25) is 0 Å². The van der Waals surface area contributed by atoms with Crippen molar-refractivity contribution in [3.05, 3.63) is 12.7 Å². The van der Waals surface area contributed by atoms with E-state index in [-0.39, 0.29) is 0 Å². The van der Waals surface area contributed by atoms with Crippen LogP contribution >= 0.6 is 0 Å². The third kappa shape index (κ3) is 8.93. The second-order valence-electron chi connectivity index (χ2n) is 5.01. The molecule has 0 bridgehead atoms. The molecule has 0 fully saturated rings. The molecular formula is C14H30N2. The first kappa shape index (κ1) is 15.7. The number of nitrogens with one attached hydrogen (secondary N) is 1. The van der Waals surface area contributed by atoms with Crippen molar-refractivity contribution in [1.29, 1.82) is 0 Å². The summed E-state index contributed by atoms with van der Waals surface area (Å²) in [6.45, 7) is 12.8. The molecule has 1 N–H and O–H groups in total. The van der Waals surface area contributed by atoms with E-state index in [0.29, 0.717) is 12.1 Å². The molecule has 2 nitrogen and oxygen atoms in total. The Hall–Kier alpha value is -0.340. The Morgan fingerprint density at radius 1 is 1.25 bits per heavy atom. The van der Waals surface area contributed by atoms with Gasteiger partial charge in [0.25, 0.3) is 0 Å². The lowest BCUT2D eigenvalue weighted by Gasteiger charge is -2.24. The van der Waals surface area contributed by atoms with Crippen LogP contribution in [0.5, 0.6) is 0 Å². The van der Waals surface area contributed by atoms with Gasteiger partial charge in [-0.25, -0.2) is 0 Å². The van der Waals surface area contributed by atoms with Gasteiger partial charge in [0.15, 0.2) is 0 Å². The maximum absolute atomic E-state index is 3.75. The van der Waals surface area contributed by atoms with Gasteiger partial charge in [-0.05, 0) is 52.7 Å². The van der Waals surface area contributed by atoms with Crippen molar-refractivity contribution < 1.29 is 0 Å². The molecule has 0 radical (unpaired) electrons. The molecular weight excluding hydrogens is 196 g/mol. The lowest BCUT2D eigenvalue weighted by molar-refractivity contribution is 0.240. The lowest BCUT2D eigenvalue weighted by Crippen LogP contribution is -2.31. The Kier molecular flexibility index (Phi) is 9.65. The maximum Gasteiger partial charge on any atom is 0.00643 e. The standard InChI is InChI=1S/C14H30N2/c1-6-7-8-12-16(5)14(4)10-9-11-15-13(2)3/h6,13-15H,1,7-12H2,2-5H3. The smallest absolute Gasteiger partial charge is 0.00643 e. The van der Waals surface area contributed by atoms with Crippen LogP contribution in [-0.4, -0.2) is 37.1 Å². The Balaban J connectivity index is 3.46. The summed E-state index contributed by atoms with van der Waals surface area (Å²) in [5.41, 5.74) is 0. The summed E-state index contributed by atoms with van der Waals surface area (Å²) in [7, 11) is 2.23. The molecule has 0 rings (SSSR count). The van der Waals surface area contributed by atoms with E-state index < -0.39 is 0 Å². The normalized spacial score (nSPS) is 13.4. The van der Waals surface area contributed by atoms with E-state index in [1.807, 2.05) is 6.08 Å². The number of nitrogens with zero attached hydrogens (tertiary/aromatic N) is 1. The monoisotopic (exact) mass is 226 g/mol. The number of hydrogen-bond donors (Lipinski definition) is 1. The third-order valence-corrected chi connectivity index (χ3v) is 3.02. The van der Waals surface area contributed by atoms with Crippen molar-refractivity contribution in [3.63, 3.8) is 0 Å². The highest BCUT2D eigenvalue weighted by Gasteiger charge is 2.07. The van der Waals surface area contributed by atoms with E-state index in [1.54, 1.807) is 0 Å². The molecule has 0 aliphatic carbocycles. The van der Waals surface area contributed by atoms with Crippen LogP contribution in [-0.2, 0) is 0 Å². The number of allylic oxidation sites excluding steroid dienone is 1. The van der Waals surface area contributed by atoms with Crippen molar-refractivity contribution in [1.82, 2.24) is 10.2 Å². The fourth-order valence-corrected chi connectivity index (χ4v) is 1.71. The highest BCUT2D eigenvalue weighted by Crippen LogP contribution is 2.05. The summed E-state index contributed by atoms with van der Waals surface area (Å²) in [5.74, 6) is 0. The predicted molar refractivity (Wildman–Crippen MR) is 73.9 cm³/mol. The fourth-order valence-electron chi connectivity index (χ4n) is 1.71. The lowest BCUT2D eigenvalue weighted by atomic mass is 10.1. The van der Waals surface area contributed by atoms with Gasteiger partial charge in [0.1, 0.15) is 0 Å². The average molecular weight is 226 g/mol. The molecule has 96 valence electrons. The predicted octanol–water partition coefficient (Wildman–Crippen LogP) is 3.05. The SMILES string of the molecule is C=CCCCN(C)C(C)CCCNC(C)C. The minimum Gasteiger partial charge on any atom is -0.315 e. The van der Waals surface area contributed by atoms with E-state index in [0.717, 1.165) is 13.0 Å². The zero-order valence-corrected chi connectivity index (χ0v) is 11.6. The molecule has 0 aromatic rings. The van der Waals surface area contributed by atoms with Gasteiger partial charge in [-0.3, -0.25) is 0 Å². The molecule has 0 aliphatic heterocycles. The summed E-state index contributed by atoms with van der Waals surface area (Å²) in [6.07, 6.45) is 6.92. The van der Waals surface area contributed by atoms with E-state index in [1.165, 1.54) is 25.8 Å². The topological polar surface area (TPSA) is 15.3 Å². The van der Waals surface area contributed by atoms with Crippen molar-refractivity contribution in [2.75, 3.05) is 20.1 Å². The van der Waals surface area contributed by atoms with Crippen LogP contribution in [0.3, 0.4) is 0 Å². The molecule has 0 saturated heterocycles. The number of rotatable bonds is 10. The zero-order chi connectivity index (χ0) is 12.4. The van der Waals surface area contributed by atoms with Crippen LogP contribution in [0.25, 0.3) is 0 Å². The molecule has 0 aromatic heterocycles. The van der Waals surface area contributed by atoms with Crippen molar-refractivity contribution in [2.24, 2.45) is 0 Å². The fraction of sp³-hybridized carbons (Fsp3) is 0.857. The highest BCUT2D eigenvalue weighted by molar-refractivity contribution is 4.69. The molecule has 0 aromatic carbocycles. The van der Waals surface area contributed by atoms with Gasteiger partial charge >= 0.3 is 0 Å². The Labute approximate surface area is 102 Å². The van der Waals surface area contributed by atoms with E-state index in [4.69, 9.17) is 0 Å². The van der Waals surface area contributed by atoms with Crippen LogP contribution in [0.15, 0.2) is 12.7 Å². The third-order valence-electron chi connectivity index (χ3n) is 3.02. The molecule has 0 aliphatic rings. The Morgan fingerprint density at radius 2 is 1.94 bits per heavy atom. The summed E-state index contributed by atoms with van der Waals surface area (Å²) in [6, 6.07) is 1.31. The van der Waals surface area contributed by atoms with Crippen LogP contribution in [0.4, 0.5) is 0 Å². The summed E-state index contributed by atoms with van der Waals surface area (Å²) in [5, 5.41) is 3.46. The maximum atomic E-state index is 3.75. The van der Waals surface area contributed by atoms with Gasteiger partial charge < -0.3 is 10.2 Å². The van der Waals surface area contributed by atoms with Crippen LogP contribution in [0.1, 0.15) is 46.5 Å². The van der Waals surface area contributed by atoms with E-state index >= 15 is 0 Å². The van der Waals surface area contributed by atoms with Gasteiger partial charge in [-0.2, -0.15) is 0 Å². The van der Waals surface area contributed by atoms with Crippen LogP contribution in [0.2, 0.25) is 0 Å². The quantitative estimate of drug-likeness (QED) is 0.455. The number of hydrogen-bond acceptors (Lipinski definition) is 2. The van der Waals surface area contributed by atoms with E-state index in [9.17, 15) is 0 Å². The van der Waals surface area contributed by atoms with Gasteiger partial charge in [-0.1, -0.05) is 19.9 Å². The van der Waals surface area contributed by atoms with Crippen molar-refractivity contribution in [3.8, 4) is 0 Å². The molecule has 2 heteroatoms. The average Bonchev–Trinajstić information content (AvgIpc) is 2.24. The first-order chi connectivity index (χ1) is 7.57. The largest absolute Gasteiger partial charge is 0.315 e. The van der Waals surface area contributed by atoms with Gasteiger partial charge in [0.05, 0.1) is 0 Å². The second kappa shape index (κ2) is 9.86. The molecule has 0 amide bonds. The molecule has 1 atom stereocenters. The molecule has 1 unspecified atom stereocenters.